The lowest BCUT2D eigenvalue weighted by molar-refractivity contribution is -0.123. The molecule has 1 atom stereocenters. The highest BCUT2D eigenvalue weighted by Gasteiger charge is 2.14. The molecule has 4 nitrogen and oxygen atoms in total. The van der Waals surface area contributed by atoms with E-state index in [2.05, 4.69) is 10.7 Å². The Hall–Kier alpha value is -1.57. The summed E-state index contributed by atoms with van der Waals surface area (Å²) >= 11 is 14.9. The van der Waals surface area contributed by atoms with Crippen LogP contribution in [-0.4, -0.2) is 24.2 Å². The largest absolute Gasteiger partial charge is 0.482 e. The van der Waals surface area contributed by atoms with Crippen LogP contribution in [0.1, 0.15) is 11.0 Å². The monoisotopic (exact) mass is 427 g/mol. The van der Waals surface area contributed by atoms with Crippen LogP contribution < -0.4 is 10.1 Å². The van der Waals surface area contributed by atoms with E-state index in [1.807, 2.05) is 23.6 Å². The fourth-order valence-electron chi connectivity index (χ4n) is 2.19. The van der Waals surface area contributed by atoms with Crippen molar-refractivity contribution in [2.24, 2.45) is 0 Å². The summed E-state index contributed by atoms with van der Waals surface area (Å²) in [4.78, 5) is 13.8. The molecule has 0 spiro atoms. The Kier molecular flexibility index (Phi) is 6.56. The molecule has 0 saturated heterocycles. The van der Waals surface area contributed by atoms with Gasteiger partial charge in [0.2, 0.25) is 0 Å². The minimum Gasteiger partial charge on any atom is -0.482 e. The van der Waals surface area contributed by atoms with Gasteiger partial charge >= 0.3 is 0 Å². The fourth-order valence-corrected chi connectivity index (χ4v) is 4.37. The number of aliphatic hydroxyl groups is 1. The lowest BCUT2D eigenvalue weighted by atomic mass is 10.2. The number of nitrogens with one attached hydrogen (secondary N) is 1. The van der Waals surface area contributed by atoms with Crippen LogP contribution in [0.5, 0.6) is 5.75 Å². The number of benzene rings is 1. The van der Waals surface area contributed by atoms with E-state index in [4.69, 9.17) is 27.9 Å². The number of carbonyl (C=O) groups is 1. The second-order valence-corrected chi connectivity index (χ2v) is 8.14. The van der Waals surface area contributed by atoms with Crippen molar-refractivity contribution in [2.75, 3.05) is 13.2 Å². The zero-order valence-electron chi connectivity index (χ0n) is 13.4. The number of thiophene rings is 2. The Morgan fingerprint density at radius 2 is 2.08 bits per heavy atom. The molecule has 2 aromatic heterocycles. The van der Waals surface area contributed by atoms with Crippen LogP contribution in [0.15, 0.2) is 47.2 Å². The van der Waals surface area contributed by atoms with Gasteiger partial charge in [-0.2, -0.15) is 11.3 Å². The van der Waals surface area contributed by atoms with E-state index in [0.717, 1.165) is 15.3 Å². The highest BCUT2D eigenvalue weighted by Crippen LogP contribution is 2.32. The topological polar surface area (TPSA) is 58.6 Å². The average molecular weight is 428 g/mol. The van der Waals surface area contributed by atoms with Crippen LogP contribution >= 0.6 is 45.9 Å². The molecule has 0 bridgehead atoms. The SMILES string of the molecule is O=C(COc1ccc(Cl)cc1Cl)NCC(O)c1ccc(-c2ccsc2)s1. The average Bonchev–Trinajstić information content (AvgIpc) is 3.29. The molecule has 3 aromatic rings. The minimum atomic E-state index is -0.768. The van der Waals surface area contributed by atoms with Gasteiger partial charge in [0.25, 0.3) is 5.91 Å². The molecular formula is C18H15Cl2NO3S2. The Morgan fingerprint density at radius 3 is 2.81 bits per heavy atom. The van der Waals surface area contributed by atoms with E-state index in [-0.39, 0.29) is 19.1 Å². The van der Waals surface area contributed by atoms with Crippen molar-refractivity contribution < 1.29 is 14.6 Å². The molecule has 3 rings (SSSR count). The fraction of sp³-hybridized carbons (Fsp3) is 0.167. The van der Waals surface area contributed by atoms with E-state index >= 15 is 0 Å². The molecule has 1 unspecified atom stereocenters. The van der Waals surface area contributed by atoms with Crippen LogP contribution in [0.4, 0.5) is 0 Å². The van der Waals surface area contributed by atoms with Gasteiger partial charge < -0.3 is 15.2 Å². The number of amides is 1. The maximum Gasteiger partial charge on any atom is 0.258 e. The quantitative estimate of drug-likeness (QED) is 0.556. The summed E-state index contributed by atoms with van der Waals surface area (Å²) in [6.07, 6.45) is -0.768. The van der Waals surface area contributed by atoms with Gasteiger partial charge in [0.15, 0.2) is 6.61 Å². The second kappa shape index (κ2) is 8.88. The lowest BCUT2D eigenvalue weighted by Gasteiger charge is -2.11. The number of hydrogen-bond acceptors (Lipinski definition) is 5. The molecule has 0 aliphatic carbocycles. The molecule has 0 aliphatic heterocycles. The maximum absolute atomic E-state index is 11.9. The van der Waals surface area contributed by atoms with Crippen molar-refractivity contribution in [1.82, 2.24) is 5.32 Å². The van der Waals surface area contributed by atoms with Crippen LogP contribution in [0.2, 0.25) is 10.0 Å². The first-order valence-electron chi connectivity index (χ1n) is 7.68. The third-order valence-electron chi connectivity index (χ3n) is 3.51. The highest BCUT2D eigenvalue weighted by molar-refractivity contribution is 7.16. The lowest BCUT2D eigenvalue weighted by Crippen LogP contribution is -2.32. The Balaban J connectivity index is 1.48. The minimum absolute atomic E-state index is 0.111. The molecule has 0 radical (unpaired) electrons. The van der Waals surface area contributed by atoms with Crippen LogP contribution in [0.25, 0.3) is 10.4 Å². The van der Waals surface area contributed by atoms with Gasteiger partial charge in [-0.3, -0.25) is 4.79 Å². The van der Waals surface area contributed by atoms with E-state index in [0.29, 0.717) is 15.8 Å². The summed E-state index contributed by atoms with van der Waals surface area (Å²) in [7, 11) is 0. The van der Waals surface area contributed by atoms with Gasteiger partial charge in [-0.25, -0.2) is 0 Å². The van der Waals surface area contributed by atoms with Crippen molar-refractivity contribution in [3.8, 4) is 16.2 Å². The van der Waals surface area contributed by atoms with E-state index in [9.17, 15) is 9.90 Å². The molecule has 0 aliphatic rings. The molecule has 2 N–H and O–H groups in total. The molecule has 1 amide bonds. The molecule has 26 heavy (non-hydrogen) atoms. The van der Waals surface area contributed by atoms with Crippen molar-refractivity contribution in [3.63, 3.8) is 0 Å². The van der Waals surface area contributed by atoms with Crippen molar-refractivity contribution >= 4 is 51.8 Å². The standard InChI is InChI=1S/C18H15Cl2NO3S2/c19-12-1-2-15(13(20)7-12)24-9-18(23)21-8-14(22)17-4-3-16(26-17)11-5-6-25-10-11/h1-7,10,14,22H,8-9H2,(H,21,23). The van der Waals surface area contributed by atoms with Gasteiger partial charge in [0.05, 0.1) is 5.02 Å². The first kappa shape index (κ1) is 19.2. The number of aliphatic hydroxyl groups excluding tert-OH is 1. The van der Waals surface area contributed by atoms with E-state index in [1.54, 1.807) is 29.5 Å². The van der Waals surface area contributed by atoms with E-state index in [1.165, 1.54) is 11.3 Å². The Bertz CT molecular complexity index is 880. The predicted octanol–water partition coefficient (Wildman–Crippen LogP) is 5.01. The number of hydrogen-bond donors (Lipinski definition) is 2. The van der Waals surface area contributed by atoms with E-state index < -0.39 is 6.10 Å². The summed E-state index contributed by atoms with van der Waals surface area (Å²) in [5, 5.41) is 17.8. The van der Waals surface area contributed by atoms with Crippen molar-refractivity contribution in [3.05, 3.63) is 62.1 Å². The molecule has 8 heteroatoms. The van der Waals surface area contributed by atoms with Gasteiger partial charge in [-0.15, -0.1) is 11.3 Å². The van der Waals surface area contributed by atoms with Gasteiger partial charge in [-0.1, -0.05) is 23.2 Å². The molecular weight excluding hydrogens is 413 g/mol. The molecule has 136 valence electrons. The third-order valence-corrected chi connectivity index (χ3v) is 5.96. The maximum atomic E-state index is 11.9. The first-order chi connectivity index (χ1) is 12.5. The first-order valence-corrected chi connectivity index (χ1v) is 10.2. The molecule has 0 saturated carbocycles. The second-order valence-electron chi connectivity index (χ2n) is 5.40. The molecule has 1 aromatic carbocycles. The zero-order valence-corrected chi connectivity index (χ0v) is 16.6. The third kappa shape index (κ3) is 4.99. The summed E-state index contributed by atoms with van der Waals surface area (Å²) < 4.78 is 5.36. The van der Waals surface area contributed by atoms with Crippen LogP contribution in [0.3, 0.4) is 0 Å². The van der Waals surface area contributed by atoms with Crippen molar-refractivity contribution in [1.29, 1.82) is 0 Å². The van der Waals surface area contributed by atoms with Crippen molar-refractivity contribution in [2.45, 2.75) is 6.10 Å². The number of carbonyl (C=O) groups excluding carboxylic acids is 1. The summed E-state index contributed by atoms with van der Waals surface area (Å²) in [5.41, 5.74) is 1.13. The molecule has 0 fully saturated rings. The summed E-state index contributed by atoms with van der Waals surface area (Å²) in [5.74, 6) is 0.0371. The smallest absolute Gasteiger partial charge is 0.258 e. The number of ether oxygens (including phenoxy) is 1. The Labute approximate surface area is 169 Å². The summed E-state index contributed by atoms with van der Waals surface area (Å²) in [6, 6.07) is 10.7. The van der Waals surface area contributed by atoms with Gasteiger partial charge in [-0.05, 0) is 47.2 Å². The highest BCUT2D eigenvalue weighted by atomic mass is 35.5. The normalized spacial score (nSPS) is 12.0. The summed E-state index contributed by atoms with van der Waals surface area (Å²) in [6.45, 7) is -0.0845. The predicted molar refractivity (Wildman–Crippen MR) is 108 cm³/mol. The van der Waals surface area contributed by atoms with Gasteiger partial charge in [0.1, 0.15) is 11.9 Å². The van der Waals surface area contributed by atoms with Crippen LogP contribution in [-0.2, 0) is 4.79 Å². The molecule has 2 heterocycles. The Morgan fingerprint density at radius 1 is 1.23 bits per heavy atom. The van der Waals surface area contributed by atoms with Crippen LogP contribution in [0, 0.1) is 0 Å². The zero-order chi connectivity index (χ0) is 18.5. The van der Waals surface area contributed by atoms with Gasteiger partial charge in [0, 0.05) is 26.9 Å². The number of rotatable bonds is 7. The number of halogens is 2.